The quantitative estimate of drug-likeness (QED) is 0.681. The zero-order valence-corrected chi connectivity index (χ0v) is 10.1. The fourth-order valence-electron chi connectivity index (χ4n) is 2.12. The van der Waals surface area contributed by atoms with Crippen LogP contribution in [0.25, 0.3) is 0 Å². The predicted molar refractivity (Wildman–Crippen MR) is 59.8 cm³/mol. The fraction of sp³-hybridized carbons (Fsp3) is 0.818. The Morgan fingerprint density at radius 1 is 1.44 bits per heavy atom. The molecular formula is C11H20N2O3. The number of hydrogen-bond donors (Lipinski definition) is 2. The van der Waals surface area contributed by atoms with Crippen molar-refractivity contribution in [1.82, 2.24) is 10.2 Å². The van der Waals surface area contributed by atoms with Gasteiger partial charge in [0, 0.05) is 13.2 Å². The first kappa shape index (κ1) is 13.0. The van der Waals surface area contributed by atoms with E-state index in [1.165, 1.54) is 4.90 Å². The predicted octanol–water partition coefficient (Wildman–Crippen LogP) is 0.725. The first-order valence-electron chi connectivity index (χ1n) is 5.74. The lowest BCUT2D eigenvalue weighted by Gasteiger charge is -2.29. The Hall–Kier alpha value is -1.10. The summed E-state index contributed by atoms with van der Waals surface area (Å²) in [5, 5.41) is 11.5. The van der Waals surface area contributed by atoms with E-state index in [2.05, 4.69) is 5.32 Å². The number of aliphatic hydroxyl groups excluding tert-OH is 1. The van der Waals surface area contributed by atoms with Gasteiger partial charge in [-0.15, -0.1) is 0 Å². The summed E-state index contributed by atoms with van der Waals surface area (Å²) in [5.74, 6) is -0.100. The van der Waals surface area contributed by atoms with E-state index in [4.69, 9.17) is 5.11 Å². The summed E-state index contributed by atoms with van der Waals surface area (Å²) in [7, 11) is 0. The molecule has 0 radical (unpaired) electrons. The molecule has 3 amide bonds. The van der Waals surface area contributed by atoms with E-state index in [-0.39, 0.29) is 31.0 Å². The molecule has 92 valence electrons. The number of rotatable bonds is 5. The van der Waals surface area contributed by atoms with Gasteiger partial charge in [-0.05, 0) is 18.8 Å². The first-order valence-corrected chi connectivity index (χ1v) is 5.74. The molecular weight excluding hydrogens is 208 g/mol. The number of carbonyl (C=O) groups excluding carboxylic acids is 2. The molecule has 0 spiro atoms. The first-order chi connectivity index (χ1) is 7.49. The van der Waals surface area contributed by atoms with Crippen LogP contribution in [0.1, 0.15) is 33.6 Å². The van der Waals surface area contributed by atoms with E-state index in [9.17, 15) is 9.59 Å². The van der Waals surface area contributed by atoms with Crippen LogP contribution < -0.4 is 5.32 Å². The van der Waals surface area contributed by atoms with Crippen molar-refractivity contribution in [2.24, 2.45) is 5.92 Å². The lowest BCUT2D eigenvalue weighted by Crippen LogP contribution is -2.51. The molecule has 5 nitrogen and oxygen atoms in total. The molecule has 0 bridgehead atoms. The van der Waals surface area contributed by atoms with E-state index in [1.54, 1.807) is 0 Å². The summed E-state index contributed by atoms with van der Waals surface area (Å²) in [6.45, 7) is 6.02. The molecule has 0 aliphatic carbocycles. The molecule has 1 aliphatic rings. The molecule has 1 fully saturated rings. The molecule has 0 aromatic rings. The van der Waals surface area contributed by atoms with E-state index < -0.39 is 5.54 Å². The second-order valence-corrected chi connectivity index (χ2v) is 4.44. The van der Waals surface area contributed by atoms with E-state index in [0.29, 0.717) is 12.8 Å². The Kier molecular flexibility index (Phi) is 3.91. The molecule has 1 saturated heterocycles. The van der Waals surface area contributed by atoms with Gasteiger partial charge in [-0.2, -0.15) is 0 Å². The van der Waals surface area contributed by atoms with Gasteiger partial charge in [-0.1, -0.05) is 20.8 Å². The SMILES string of the molecule is CCC1(C(C)C)NC(=O)N(CCCO)C1=O. The highest BCUT2D eigenvalue weighted by Crippen LogP contribution is 2.29. The van der Waals surface area contributed by atoms with Gasteiger partial charge in [0.25, 0.3) is 5.91 Å². The van der Waals surface area contributed by atoms with Gasteiger partial charge in [0.05, 0.1) is 0 Å². The van der Waals surface area contributed by atoms with Crippen LogP contribution in [0.5, 0.6) is 0 Å². The minimum absolute atomic E-state index is 0.0160. The molecule has 0 aromatic carbocycles. The third kappa shape index (κ3) is 1.91. The van der Waals surface area contributed by atoms with Crippen molar-refractivity contribution in [3.63, 3.8) is 0 Å². The summed E-state index contributed by atoms with van der Waals surface area (Å²) in [5.41, 5.74) is -0.757. The topological polar surface area (TPSA) is 69.6 Å². The van der Waals surface area contributed by atoms with Crippen molar-refractivity contribution in [3.05, 3.63) is 0 Å². The van der Waals surface area contributed by atoms with Gasteiger partial charge < -0.3 is 10.4 Å². The number of amides is 3. The zero-order chi connectivity index (χ0) is 12.3. The molecule has 1 heterocycles. The summed E-state index contributed by atoms with van der Waals surface area (Å²) in [6, 6.07) is -0.339. The Bertz CT molecular complexity index is 291. The van der Waals surface area contributed by atoms with Gasteiger partial charge >= 0.3 is 6.03 Å². The van der Waals surface area contributed by atoms with Crippen LogP contribution in [0.2, 0.25) is 0 Å². The van der Waals surface area contributed by atoms with E-state index in [0.717, 1.165) is 0 Å². The van der Waals surface area contributed by atoms with Gasteiger partial charge in [0.2, 0.25) is 0 Å². The third-order valence-electron chi connectivity index (χ3n) is 3.29. The Balaban J connectivity index is 2.87. The minimum atomic E-state index is -0.757. The molecule has 1 atom stereocenters. The second-order valence-electron chi connectivity index (χ2n) is 4.44. The average Bonchev–Trinajstić information content (AvgIpc) is 2.49. The summed E-state index contributed by atoms with van der Waals surface area (Å²) < 4.78 is 0. The number of nitrogens with one attached hydrogen (secondary N) is 1. The Morgan fingerprint density at radius 3 is 2.44 bits per heavy atom. The van der Waals surface area contributed by atoms with Gasteiger partial charge in [0.15, 0.2) is 0 Å². The number of carbonyl (C=O) groups is 2. The van der Waals surface area contributed by atoms with Crippen molar-refractivity contribution in [2.75, 3.05) is 13.2 Å². The van der Waals surface area contributed by atoms with Crippen molar-refractivity contribution in [3.8, 4) is 0 Å². The van der Waals surface area contributed by atoms with Crippen LogP contribution >= 0.6 is 0 Å². The summed E-state index contributed by atoms with van der Waals surface area (Å²) in [4.78, 5) is 25.1. The Labute approximate surface area is 95.8 Å². The highest BCUT2D eigenvalue weighted by molar-refractivity contribution is 6.07. The van der Waals surface area contributed by atoms with Crippen LogP contribution in [0.3, 0.4) is 0 Å². The third-order valence-corrected chi connectivity index (χ3v) is 3.29. The number of nitrogens with zero attached hydrogens (tertiary/aromatic N) is 1. The van der Waals surface area contributed by atoms with Crippen LogP contribution in [0.15, 0.2) is 0 Å². The maximum atomic E-state index is 12.2. The maximum Gasteiger partial charge on any atom is 0.325 e. The molecule has 0 saturated carbocycles. The number of imide groups is 1. The van der Waals surface area contributed by atoms with Gasteiger partial charge in [0.1, 0.15) is 5.54 Å². The molecule has 1 unspecified atom stereocenters. The molecule has 0 aromatic heterocycles. The lowest BCUT2D eigenvalue weighted by atomic mass is 9.84. The number of hydrogen-bond acceptors (Lipinski definition) is 3. The highest BCUT2D eigenvalue weighted by Gasteiger charge is 2.51. The van der Waals surface area contributed by atoms with Crippen LogP contribution in [-0.4, -0.2) is 40.6 Å². The zero-order valence-electron chi connectivity index (χ0n) is 10.1. The van der Waals surface area contributed by atoms with Crippen LogP contribution in [-0.2, 0) is 4.79 Å². The van der Waals surface area contributed by atoms with Gasteiger partial charge in [-0.25, -0.2) is 4.79 Å². The monoisotopic (exact) mass is 228 g/mol. The maximum absolute atomic E-state index is 12.2. The molecule has 1 aliphatic heterocycles. The lowest BCUT2D eigenvalue weighted by molar-refractivity contribution is -0.133. The smallest absolute Gasteiger partial charge is 0.325 e. The van der Waals surface area contributed by atoms with Crippen LogP contribution in [0.4, 0.5) is 4.79 Å². The largest absolute Gasteiger partial charge is 0.396 e. The highest BCUT2D eigenvalue weighted by atomic mass is 16.3. The second kappa shape index (κ2) is 4.82. The molecule has 2 N–H and O–H groups in total. The van der Waals surface area contributed by atoms with E-state index in [1.807, 2.05) is 20.8 Å². The van der Waals surface area contributed by atoms with Crippen molar-refractivity contribution < 1.29 is 14.7 Å². The minimum Gasteiger partial charge on any atom is -0.396 e. The molecule has 16 heavy (non-hydrogen) atoms. The summed E-state index contributed by atoms with van der Waals surface area (Å²) in [6.07, 6.45) is 1.02. The average molecular weight is 228 g/mol. The molecule has 1 rings (SSSR count). The normalized spacial score (nSPS) is 25.4. The number of aliphatic hydroxyl groups is 1. The van der Waals surface area contributed by atoms with Crippen molar-refractivity contribution >= 4 is 11.9 Å². The fourth-order valence-corrected chi connectivity index (χ4v) is 2.12. The standard InChI is InChI=1S/C11H20N2O3/c1-4-11(8(2)3)9(15)13(6-5-7-14)10(16)12-11/h8,14H,4-7H2,1-3H3,(H,12,16). The van der Waals surface area contributed by atoms with Crippen LogP contribution in [0, 0.1) is 5.92 Å². The van der Waals surface area contributed by atoms with Gasteiger partial charge in [-0.3, -0.25) is 9.69 Å². The Morgan fingerprint density at radius 2 is 2.06 bits per heavy atom. The molecule has 5 heteroatoms. The van der Waals surface area contributed by atoms with E-state index >= 15 is 0 Å². The van der Waals surface area contributed by atoms with Crippen molar-refractivity contribution in [1.29, 1.82) is 0 Å². The number of urea groups is 1. The van der Waals surface area contributed by atoms with Crippen molar-refractivity contribution in [2.45, 2.75) is 39.2 Å². The summed E-state index contributed by atoms with van der Waals surface area (Å²) >= 11 is 0.